The van der Waals surface area contributed by atoms with Crippen LogP contribution in [-0.2, 0) is 6.54 Å². The third-order valence-electron chi connectivity index (χ3n) is 6.52. The first-order valence-electron chi connectivity index (χ1n) is 11.1. The summed E-state index contributed by atoms with van der Waals surface area (Å²) >= 11 is 0. The van der Waals surface area contributed by atoms with Gasteiger partial charge >= 0.3 is 5.69 Å². The van der Waals surface area contributed by atoms with Gasteiger partial charge in [0.15, 0.2) is 5.65 Å². The number of nitrogens with one attached hydrogen (secondary N) is 2. The molecule has 1 saturated carbocycles. The lowest BCUT2D eigenvalue weighted by molar-refractivity contribution is 0.0923. The first-order valence-corrected chi connectivity index (χ1v) is 11.1. The lowest BCUT2D eigenvalue weighted by Crippen LogP contribution is -2.45. The van der Waals surface area contributed by atoms with Gasteiger partial charge in [-0.3, -0.25) is 24.0 Å². The van der Waals surface area contributed by atoms with E-state index < -0.39 is 11.2 Å². The number of nitrogens with zero attached hydrogens (tertiary/aromatic N) is 3. The topological polar surface area (TPSA) is 100 Å². The number of rotatable bonds is 6. The molecular weight excluding hydrogens is 382 g/mol. The van der Waals surface area contributed by atoms with Crippen LogP contribution >= 0.6 is 0 Å². The van der Waals surface area contributed by atoms with Crippen molar-refractivity contribution in [2.24, 2.45) is 5.92 Å². The highest BCUT2D eigenvalue weighted by molar-refractivity contribution is 6.05. The first kappa shape index (κ1) is 20.8. The number of aromatic nitrogens is 3. The van der Waals surface area contributed by atoms with E-state index in [9.17, 15) is 14.4 Å². The van der Waals surface area contributed by atoms with E-state index >= 15 is 0 Å². The predicted molar refractivity (Wildman–Crippen MR) is 116 cm³/mol. The monoisotopic (exact) mass is 413 g/mol. The number of amides is 1. The van der Waals surface area contributed by atoms with Crippen LogP contribution in [-0.4, -0.2) is 51.0 Å². The van der Waals surface area contributed by atoms with Gasteiger partial charge in [-0.25, -0.2) is 9.78 Å². The number of aromatic amines is 1. The largest absolute Gasteiger partial charge is 0.350 e. The van der Waals surface area contributed by atoms with Gasteiger partial charge < -0.3 is 5.32 Å². The predicted octanol–water partition coefficient (Wildman–Crippen LogP) is 1.83. The average molecular weight is 414 g/mol. The maximum Gasteiger partial charge on any atom is 0.329 e. The number of aryl methyl sites for hydroxylation is 1. The summed E-state index contributed by atoms with van der Waals surface area (Å²) in [5.74, 6) is 0.776. The number of hydrogen-bond donors (Lipinski definition) is 2. The number of H-pyrrole nitrogens is 1. The number of hydrogen-bond acceptors (Lipinski definition) is 5. The Morgan fingerprint density at radius 2 is 1.97 bits per heavy atom. The number of fused-ring (bicyclic) bond motifs is 1. The number of pyridine rings is 1. The van der Waals surface area contributed by atoms with Crippen LogP contribution in [0, 0.1) is 5.92 Å². The van der Waals surface area contributed by atoms with E-state index in [1.165, 1.54) is 17.4 Å². The maximum absolute atomic E-state index is 13.1. The molecule has 162 valence electrons. The molecular formula is C22H31N5O3. The van der Waals surface area contributed by atoms with E-state index in [2.05, 4.69) is 34.0 Å². The fourth-order valence-corrected chi connectivity index (χ4v) is 4.29. The highest BCUT2D eigenvalue weighted by Gasteiger charge is 2.29. The van der Waals surface area contributed by atoms with Crippen molar-refractivity contribution in [2.75, 3.05) is 19.6 Å². The van der Waals surface area contributed by atoms with E-state index in [1.54, 1.807) is 6.07 Å². The summed E-state index contributed by atoms with van der Waals surface area (Å²) < 4.78 is 1.43. The zero-order chi connectivity index (χ0) is 21.4. The molecule has 2 aromatic rings. The van der Waals surface area contributed by atoms with Crippen molar-refractivity contribution < 1.29 is 4.79 Å². The zero-order valence-electron chi connectivity index (χ0n) is 18.0. The van der Waals surface area contributed by atoms with E-state index in [1.807, 2.05) is 6.92 Å². The minimum Gasteiger partial charge on any atom is -0.350 e. The quantitative estimate of drug-likeness (QED) is 0.753. The Kier molecular flexibility index (Phi) is 5.77. The van der Waals surface area contributed by atoms with Crippen molar-refractivity contribution in [1.29, 1.82) is 0 Å². The van der Waals surface area contributed by atoms with Crippen LogP contribution < -0.4 is 16.6 Å². The zero-order valence-corrected chi connectivity index (χ0v) is 18.0. The van der Waals surface area contributed by atoms with Crippen molar-refractivity contribution >= 4 is 16.9 Å². The van der Waals surface area contributed by atoms with Gasteiger partial charge in [0, 0.05) is 30.7 Å². The molecule has 0 aromatic carbocycles. The molecule has 1 aliphatic heterocycles. The highest BCUT2D eigenvalue weighted by Crippen LogP contribution is 2.39. The molecule has 3 heterocycles. The molecule has 2 aromatic heterocycles. The van der Waals surface area contributed by atoms with Gasteiger partial charge in [-0.15, -0.1) is 0 Å². The maximum atomic E-state index is 13.1. The minimum atomic E-state index is -0.558. The molecule has 2 aliphatic rings. The first-order chi connectivity index (χ1) is 14.4. The van der Waals surface area contributed by atoms with E-state index in [0.29, 0.717) is 30.2 Å². The molecule has 30 heavy (non-hydrogen) atoms. The highest BCUT2D eigenvalue weighted by atomic mass is 16.2. The van der Waals surface area contributed by atoms with E-state index in [4.69, 9.17) is 0 Å². The Morgan fingerprint density at radius 1 is 1.27 bits per heavy atom. The number of piperidine rings is 1. The normalized spacial score (nSPS) is 19.2. The molecule has 2 fully saturated rings. The van der Waals surface area contributed by atoms with Gasteiger partial charge in [0.1, 0.15) is 0 Å². The summed E-state index contributed by atoms with van der Waals surface area (Å²) in [4.78, 5) is 47.3. The second kappa shape index (κ2) is 8.34. The second-order valence-corrected chi connectivity index (χ2v) is 8.85. The Hall–Kier alpha value is -2.48. The Bertz CT molecular complexity index is 1060. The SMILES string of the molecule is CCn1c(=O)[nH]c(=O)c2c(C(=O)NC[C@@H](C)N3CCC(C)CC3)cc(C3CC3)nc21. The van der Waals surface area contributed by atoms with Gasteiger partial charge in [-0.1, -0.05) is 6.92 Å². The molecule has 0 radical (unpaired) electrons. The summed E-state index contributed by atoms with van der Waals surface area (Å²) in [7, 11) is 0. The number of likely N-dealkylation sites (tertiary alicyclic amines) is 1. The molecule has 1 amide bonds. The van der Waals surface area contributed by atoms with Gasteiger partial charge in [0.25, 0.3) is 11.5 Å². The lowest BCUT2D eigenvalue weighted by Gasteiger charge is -2.35. The molecule has 0 spiro atoms. The van der Waals surface area contributed by atoms with Crippen LogP contribution in [0.2, 0.25) is 0 Å². The fraction of sp³-hybridized carbons (Fsp3) is 0.636. The smallest absolute Gasteiger partial charge is 0.329 e. The fourth-order valence-electron chi connectivity index (χ4n) is 4.29. The Morgan fingerprint density at radius 3 is 2.60 bits per heavy atom. The van der Waals surface area contributed by atoms with Crippen molar-refractivity contribution in [3.8, 4) is 0 Å². The summed E-state index contributed by atoms with van der Waals surface area (Å²) in [5, 5.41) is 3.21. The summed E-state index contributed by atoms with van der Waals surface area (Å²) in [6.07, 6.45) is 4.40. The molecule has 1 saturated heterocycles. The molecule has 0 bridgehead atoms. The van der Waals surface area contributed by atoms with Crippen LogP contribution in [0.15, 0.2) is 15.7 Å². The lowest BCUT2D eigenvalue weighted by atomic mass is 9.98. The third-order valence-corrected chi connectivity index (χ3v) is 6.52. The molecule has 0 unspecified atom stereocenters. The molecule has 8 heteroatoms. The van der Waals surface area contributed by atoms with Crippen molar-refractivity contribution in [3.05, 3.63) is 38.2 Å². The minimum absolute atomic E-state index is 0.192. The molecule has 1 aliphatic carbocycles. The van der Waals surface area contributed by atoms with Crippen LogP contribution in [0.5, 0.6) is 0 Å². The van der Waals surface area contributed by atoms with Crippen molar-refractivity contribution in [2.45, 2.75) is 65.0 Å². The third kappa shape index (κ3) is 4.05. The summed E-state index contributed by atoms with van der Waals surface area (Å²) in [5.41, 5.74) is 0.356. The van der Waals surface area contributed by atoms with E-state index in [-0.39, 0.29) is 17.3 Å². The molecule has 4 rings (SSSR count). The Labute approximate surface area is 175 Å². The molecule has 2 N–H and O–H groups in total. The van der Waals surface area contributed by atoms with Gasteiger partial charge in [0.2, 0.25) is 0 Å². The van der Waals surface area contributed by atoms with Crippen LogP contribution in [0.1, 0.15) is 68.4 Å². The Balaban J connectivity index is 1.63. The molecule has 8 nitrogen and oxygen atoms in total. The standard InChI is InChI=1S/C22H31N5O3/c1-4-27-19-18(21(29)25-22(27)30)16(11-17(24-19)15-5-6-15)20(28)23-12-14(3)26-9-7-13(2)8-10-26/h11,13-15H,4-10,12H2,1-3H3,(H,23,28)(H,25,29,30)/t14-/m1/s1. The second-order valence-electron chi connectivity index (χ2n) is 8.85. The molecule has 1 atom stereocenters. The van der Waals surface area contributed by atoms with Crippen LogP contribution in [0.25, 0.3) is 11.0 Å². The van der Waals surface area contributed by atoms with Crippen molar-refractivity contribution in [3.63, 3.8) is 0 Å². The van der Waals surface area contributed by atoms with E-state index in [0.717, 1.165) is 37.5 Å². The van der Waals surface area contributed by atoms with Gasteiger partial charge in [-0.05, 0) is 64.6 Å². The van der Waals surface area contributed by atoms with Crippen molar-refractivity contribution in [1.82, 2.24) is 24.8 Å². The summed E-state index contributed by atoms with van der Waals surface area (Å²) in [6, 6.07) is 1.96. The average Bonchev–Trinajstić information content (AvgIpc) is 3.57. The van der Waals surface area contributed by atoms with Crippen LogP contribution in [0.4, 0.5) is 0 Å². The van der Waals surface area contributed by atoms with Gasteiger partial charge in [-0.2, -0.15) is 0 Å². The van der Waals surface area contributed by atoms with Crippen LogP contribution in [0.3, 0.4) is 0 Å². The number of carbonyl (C=O) groups excluding carboxylic acids is 1. The number of carbonyl (C=O) groups is 1. The summed E-state index contributed by atoms with van der Waals surface area (Å²) in [6.45, 7) is 9.21. The van der Waals surface area contributed by atoms with Gasteiger partial charge in [0.05, 0.1) is 10.9 Å².